The van der Waals surface area contributed by atoms with Crippen LogP contribution in [0.4, 0.5) is 0 Å². The number of ether oxygens (including phenoxy) is 1. The first-order chi connectivity index (χ1) is 16.6. The van der Waals surface area contributed by atoms with E-state index in [1.807, 2.05) is 6.92 Å². The number of likely N-dealkylation sites (N-methyl/N-ethyl adjacent to an activating group) is 1. The smallest absolute Gasteiger partial charge is 0.277 e. The lowest BCUT2D eigenvalue weighted by atomic mass is 10.2. The average molecular weight is 507 g/mol. The molecule has 13 heteroatoms. The summed E-state index contributed by atoms with van der Waals surface area (Å²) in [6.45, 7) is 5.64. The van der Waals surface area contributed by atoms with E-state index in [0.29, 0.717) is 41.4 Å². The normalized spacial score (nSPS) is 11.7. The van der Waals surface area contributed by atoms with E-state index < -0.39 is 21.6 Å². The number of rotatable bonds is 11. The number of nitrogens with zero attached hydrogens (tertiary/aromatic N) is 4. The van der Waals surface area contributed by atoms with Gasteiger partial charge in [-0.05, 0) is 38.5 Å². The van der Waals surface area contributed by atoms with Gasteiger partial charge >= 0.3 is 0 Å². The highest BCUT2D eigenvalue weighted by Crippen LogP contribution is 2.30. The largest absolute Gasteiger partial charge is 0.493 e. The van der Waals surface area contributed by atoms with Gasteiger partial charge in [0.15, 0.2) is 21.2 Å². The SMILES string of the molecule is CCCc1nc(C)c2c(=O)[nH]c(-c3cc(S(=O)(=O)CNCC(=O)N(C)OC)ccc3OCC)nn12. The van der Waals surface area contributed by atoms with Crippen molar-refractivity contribution in [3.8, 4) is 17.1 Å². The van der Waals surface area contributed by atoms with Crippen molar-refractivity contribution < 1.29 is 22.8 Å². The van der Waals surface area contributed by atoms with Gasteiger partial charge in [0, 0.05) is 13.5 Å². The zero-order valence-corrected chi connectivity index (χ0v) is 21.2. The summed E-state index contributed by atoms with van der Waals surface area (Å²) in [5.41, 5.74) is 0.833. The number of fused-ring (bicyclic) bond motifs is 1. The summed E-state index contributed by atoms with van der Waals surface area (Å²) in [6, 6.07) is 4.33. The third kappa shape index (κ3) is 5.69. The molecule has 3 aromatic rings. The predicted molar refractivity (Wildman–Crippen MR) is 129 cm³/mol. The number of aromatic nitrogens is 4. The number of hydrogen-bond donors (Lipinski definition) is 2. The number of hydroxylamine groups is 2. The van der Waals surface area contributed by atoms with Crippen LogP contribution in [0.1, 0.15) is 31.8 Å². The number of aryl methyl sites for hydroxylation is 2. The molecule has 2 heterocycles. The van der Waals surface area contributed by atoms with Crippen molar-refractivity contribution in [3.05, 3.63) is 40.1 Å². The quantitative estimate of drug-likeness (QED) is 0.365. The van der Waals surface area contributed by atoms with Crippen molar-refractivity contribution in [2.75, 3.05) is 33.2 Å². The number of aromatic amines is 1. The Morgan fingerprint density at radius 1 is 1.29 bits per heavy atom. The molecule has 0 spiro atoms. The Kier molecular flexibility index (Phi) is 8.25. The Labute approximate surface area is 203 Å². The van der Waals surface area contributed by atoms with Gasteiger partial charge in [-0.2, -0.15) is 0 Å². The number of sulfone groups is 1. The molecule has 0 fully saturated rings. The molecule has 190 valence electrons. The highest BCUT2D eigenvalue weighted by molar-refractivity contribution is 7.91. The molecule has 0 bridgehead atoms. The molecule has 12 nitrogen and oxygen atoms in total. The van der Waals surface area contributed by atoms with Crippen LogP contribution in [0.3, 0.4) is 0 Å². The maximum Gasteiger partial charge on any atom is 0.277 e. The summed E-state index contributed by atoms with van der Waals surface area (Å²) in [6.07, 6.45) is 1.44. The molecule has 0 saturated heterocycles. The minimum atomic E-state index is -3.83. The molecule has 35 heavy (non-hydrogen) atoms. The van der Waals surface area contributed by atoms with Gasteiger partial charge in [-0.1, -0.05) is 6.92 Å². The Morgan fingerprint density at radius 3 is 2.69 bits per heavy atom. The van der Waals surface area contributed by atoms with Crippen LogP contribution in [-0.4, -0.2) is 72.2 Å². The second kappa shape index (κ2) is 11.0. The molecule has 0 saturated carbocycles. The lowest BCUT2D eigenvalue weighted by Gasteiger charge is -2.15. The van der Waals surface area contributed by atoms with Crippen LogP contribution in [0.15, 0.2) is 27.9 Å². The molecule has 1 aromatic carbocycles. The Hall–Kier alpha value is -3.29. The van der Waals surface area contributed by atoms with Gasteiger partial charge in [-0.15, -0.1) is 5.10 Å². The standard InChI is InChI=1S/C22H30N6O6S/c1-6-8-18-24-14(3)20-22(30)25-21(26-28(18)20)16-11-15(9-10-17(16)34-7-2)35(31,32)13-23-12-19(29)27(4)33-5/h9-11,23H,6-8,12-13H2,1-5H3,(H,25,26,30). The number of hydrogen-bond acceptors (Lipinski definition) is 9. The molecule has 0 radical (unpaired) electrons. The molecule has 0 unspecified atom stereocenters. The van der Waals surface area contributed by atoms with E-state index in [1.165, 1.54) is 36.9 Å². The van der Waals surface area contributed by atoms with Crippen LogP contribution in [0.2, 0.25) is 0 Å². The van der Waals surface area contributed by atoms with Gasteiger partial charge in [0.25, 0.3) is 11.5 Å². The fourth-order valence-electron chi connectivity index (χ4n) is 3.50. The van der Waals surface area contributed by atoms with Crippen molar-refractivity contribution in [1.82, 2.24) is 30.0 Å². The van der Waals surface area contributed by atoms with E-state index in [4.69, 9.17) is 9.57 Å². The van der Waals surface area contributed by atoms with E-state index >= 15 is 0 Å². The molecule has 0 aliphatic rings. The molecule has 0 aliphatic heterocycles. The second-order valence-corrected chi connectivity index (χ2v) is 9.77. The minimum Gasteiger partial charge on any atom is -0.493 e. The molecule has 0 atom stereocenters. The molecule has 2 N–H and O–H groups in total. The van der Waals surface area contributed by atoms with Gasteiger partial charge in [0.05, 0.1) is 36.4 Å². The summed E-state index contributed by atoms with van der Waals surface area (Å²) >= 11 is 0. The van der Waals surface area contributed by atoms with E-state index in [0.717, 1.165) is 11.5 Å². The van der Waals surface area contributed by atoms with E-state index in [-0.39, 0.29) is 22.8 Å². The average Bonchev–Trinajstić information content (AvgIpc) is 3.14. The van der Waals surface area contributed by atoms with Crippen LogP contribution in [0, 0.1) is 6.92 Å². The fourth-order valence-corrected chi connectivity index (χ4v) is 4.61. The maximum absolute atomic E-state index is 13.0. The first-order valence-electron chi connectivity index (χ1n) is 11.1. The van der Waals surface area contributed by atoms with Crippen LogP contribution < -0.4 is 15.6 Å². The lowest BCUT2D eigenvalue weighted by Crippen LogP contribution is -2.36. The predicted octanol–water partition coefficient (Wildman–Crippen LogP) is 1.08. The number of carbonyl (C=O) groups excluding carboxylic acids is 1. The number of nitrogens with one attached hydrogen (secondary N) is 2. The number of carbonyl (C=O) groups is 1. The fraction of sp³-hybridized carbons (Fsp3) is 0.455. The summed E-state index contributed by atoms with van der Waals surface area (Å²) < 4.78 is 33.1. The summed E-state index contributed by atoms with van der Waals surface area (Å²) in [7, 11) is -1.07. The van der Waals surface area contributed by atoms with Crippen LogP contribution >= 0.6 is 0 Å². The maximum atomic E-state index is 13.0. The molecule has 3 rings (SSSR count). The zero-order chi connectivity index (χ0) is 25.8. The molecule has 0 aliphatic carbocycles. The Balaban J connectivity index is 2.02. The zero-order valence-electron chi connectivity index (χ0n) is 20.4. The van der Waals surface area contributed by atoms with Gasteiger partial charge < -0.3 is 9.72 Å². The minimum absolute atomic E-state index is 0.0191. The van der Waals surface area contributed by atoms with Crippen LogP contribution in [-0.2, 0) is 25.9 Å². The second-order valence-electron chi connectivity index (χ2n) is 7.78. The summed E-state index contributed by atoms with van der Waals surface area (Å²) in [4.78, 5) is 36.7. The lowest BCUT2D eigenvalue weighted by molar-refractivity contribution is -0.167. The summed E-state index contributed by atoms with van der Waals surface area (Å²) in [5.74, 6) is 0.261. The van der Waals surface area contributed by atoms with Gasteiger partial charge in [-0.3, -0.25) is 19.7 Å². The van der Waals surface area contributed by atoms with E-state index in [1.54, 1.807) is 13.8 Å². The van der Waals surface area contributed by atoms with Crippen molar-refractivity contribution in [3.63, 3.8) is 0 Å². The third-order valence-corrected chi connectivity index (χ3v) is 6.83. The van der Waals surface area contributed by atoms with Crippen molar-refractivity contribution >= 4 is 21.3 Å². The number of imidazole rings is 1. The highest BCUT2D eigenvalue weighted by atomic mass is 32.2. The van der Waals surface area contributed by atoms with Gasteiger partial charge in [-0.25, -0.2) is 23.0 Å². The highest BCUT2D eigenvalue weighted by Gasteiger charge is 2.21. The first kappa shape index (κ1) is 26.3. The van der Waals surface area contributed by atoms with Gasteiger partial charge in [0.1, 0.15) is 17.5 Å². The number of amides is 1. The first-order valence-corrected chi connectivity index (χ1v) is 12.8. The topological polar surface area (TPSA) is 148 Å². The van der Waals surface area contributed by atoms with E-state index in [9.17, 15) is 18.0 Å². The van der Waals surface area contributed by atoms with Crippen molar-refractivity contribution in [1.29, 1.82) is 0 Å². The van der Waals surface area contributed by atoms with Crippen molar-refractivity contribution in [2.24, 2.45) is 0 Å². The Morgan fingerprint density at radius 2 is 2.03 bits per heavy atom. The molecule has 2 aromatic heterocycles. The molecular formula is C22H30N6O6S. The third-order valence-electron chi connectivity index (χ3n) is 5.27. The summed E-state index contributed by atoms with van der Waals surface area (Å²) in [5, 5.41) is 8.19. The number of H-pyrrole nitrogens is 1. The Bertz CT molecular complexity index is 1380. The molecular weight excluding hydrogens is 476 g/mol. The van der Waals surface area contributed by atoms with Crippen molar-refractivity contribution in [2.45, 2.75) is 38.5 Å². The van der Waals surface area contributed by atoms with Gasteiger partial charge in [0.2, 0.25) is 0 Å². The van der Waals surface area contributed by atoms with E-state index in [2.05, 4.69) is 20.4 Å². The molecule has 1 amide bonds. The van der Waals surface area contributed by atoms with Crippen LogP contribution in [0.5, 0.6) is 5.75 Å². The number of benzene rings is 1. The monoisotopic (exact) mass is 506 g/mol. The van der Waals surface area contributed by atoms with Crippen LogP contribution in [0.25, 0.3) is 16.9 Å².